The SMILES string of the molecule is CCCCCCCCCCC(C)(C)CCCN. The predicted octanol–water partition coefficient (Wildman–Crippen LogP) is 5.28. The molecule has 17 heavy (non-hydrogen) atoms. The van der Waals surface area contributed by atoms with Crippen LogP contribution >= 0.6 is 0 Å². The molecule has 2 N–H and O–H groups in total. The highest BCUT2D eigenvalue weighted by Gasteiger charge is 2.15. The molecule has 0 bridgehead atoms. The van der Waals surface area contributed by atoms with Crippen molar-refractivity contribution in [3.05, 3.63) is 0 Å². The summed E-state index contributed by atoms with van der Waals surface area (Å²) in [5, 5.41) is 0. The molecule has 0 aliphatic carbocycles. The van der Waals surface area contributed by atoms with Crippen molar-refractivity contribution in [1.29, 1.82) is 0 Å². The minimum Gasteiger partial charge on any atom is -0.330 e. The Morgan fingerprint density at radius 3 is 1.71 bits per heavy atom. The fraction of sp³-hybridized carbons (Fsp3) is 1.00. The van der Waals surface area contributed by atoms with Gasteiger partial charge in [-0.25, -0.2) is 0 Å². The van der Waals surface area contributed by atoms with Crippen LogP contribution < -0.4 is 5.73 Å². The maximum absolute atomic E-state index is 5.57. The minimum atomic E-state index is 0.515. The Balaban J connectivity index is 3.26. The molecule has 1 heteroatoms. The normalized spacial score (nSPS) is 12.0. The summed E-state index contributed by atoms with van der Waals surface area (Å²) in [6.07, 6.45) is 15.2. The molecule has 0 spiro atoms. The number of hydrogen-bond donors (Lipinski definition) is 1. The zero-order chi connectivity index (χ0) is 13.0. The molecule has 0 atom stereocenters. The summed E-state index contributed by atoms with van der Waals surface area (Å²) < 4.78 is 0. The second kappa shape index (κ2) is 11.1. The van der Waals surface area contributed by atoms with Gasteiger partial charge in [0.2, 0.25) is 0 Å². The van der Waals surface area contributed by atoms with Crippen LogP contribution in [-0.4, -0.2) is 6.54 Å². The summed E-state index contributed by atoms with van der Waals surface area (Å²) in [6, 6.07) is 0. The molecule has 0 heterocycles. The van der Waals surface area contributed by atoms with Gasteiger partial charge in [-0.2, -0.15) is 0 Å². The molecule has 0 saturated heterocycles. The highest BCUT2D eigenvalue weighted by molar-refractivity contribution is 4.68. The van der Waals surface area contributed by atoms with E-state index in [2.05, 4.69) is 20.8 Å². The lowest BCUT2D eigenvalue weighted by Crippen LogP contribution is -2.13. The number of rotatable bonds is 12. The monoisotopic (exact) mass is 241 g/mol. The largest absolute Gasteiger partial charge is 0.330 e. The minimum absolute atomic E-state index is 0.515. The zero-order valence-corrected chi connectivity index (χ0v) is 12.6. The van der Waals surface area contributed by atoms with Crippen molar-refractivity contribution in [3.8, 4) is 0 Å². The molecular weight excluding hydrogens is 206 g/mol. The molecule has 0 unspecified atom stereocenters. The van der Waals surface area contributed by atoms with Crippen LogP contribution in [0.15, 0.2) is 0 Å². The average Bonchev–Trinajstić information content (AvgIpc) is 2.30. The Morgan fingerprint density at radius 2 is 1.18 bits per heavy atom. The maximum Gasteiger partial charge on any atom is -0.00771 e. The second-order valence-corrected chi connectivity index (χ2v) is 6.28. The first kappa shape index (κ1) is 17.0. The molecule has 0 amide bonds. The van der Waals surface area contributed by atoms with Gasteiger partial charge in [-0.15, -0.1) is 0 Å². The molecule has 0 aliphatic rings. The van der Waals surface area contributed by atoms with E-state index in [-0.39, 0.29) is 0 Å². The van der Waals surface area contributed by atoms with E-state index in [0.29, 0.717) is 5.41 Å². The van der Waals surface area contributed by atoms with E-state index in [1.54, 1.807) is 0 Å². The lowest BCUT2D eigenvalue weighted by atomic mass is 9.82. The van der Waals surface area contributed by atoms with Gasteiger partial charge in [0.25, 0.3) is 0 Å². The summed E-state index contributed by atoms with van der Waals surface area (Å²) in [5.74, 6) is 0. The van der Waals surface area contributed by atoms with Crippen molar-refractivity contribution in [2.75, 3.05) is 6.54 Å². The molecular formula is C16H35N. The van der Waals surface area contributed by atoms with Gasteiger partial charge >= 0.3 is 0 Å². The first-order valence-electron chi connectivity index (χ1n) is 7.82. The number of hydrogen-bond acceptors (Lipinski definition) is 1. The molecule has 0 fully saturated rings. The van der Waals surface area contributed by atoms with Crippen molar-refractivity contribution in [1.82, 2.24) is 0 Å². The Kier molecular flexibility index (Phi) is 11.0. The molecule has 1 nitrogen and oxygen atoms in total. The van der Waals surface area contributed by atoms with Crippen LogP contribution in [0, 0.1) is 5.41 Å². The van der Waals surface area contributed by atoms with Gasteiger partial charge in [0.05, 0.1) is 0 Å². The zero-order valence-electron chi connectivity index (χ0n) is 12.6. The molecule has 0 aromatic heterocycles. The van der Waals surface area contributed by atoms with Crippen LogP contribution in [-0.2, 0) is 0 Å². The summed E-state index contributed by atoms with van der Waals surface area (Å²) in [7, 11) is 0. The van der Waals surface area contributed by atoms with E-state index in [1.165, 1.54) is 70.6 Å². The topological polar surface area (TPSA) is 26.0 Å². The molecule has 0 aromatic rings. The summed E-state index contributed by atoms with van der Waals surface area (Å²) in [5.41, 5.74) is 6.09. The Labute approximate surface area is 110 Å². The van der Waals surface area contributed by atoms with Crippen molar-refractivity contribution >= 4 is 0 Å². The van der Waals surface area contributed by atoms with Crippen molar-refractivity contribution < 1.29 is 0 Å². The third-order valence-corrected chi connectivity index (χ3v) is 3.76. The molecule has 0 rings (SSSR count). The third kappa shape index (κ3) is 12.2. The first-order valence-corrected chi connectivity index (χ1v) is 7.82. The summed E-state index contributed by atoms with van der Waals surface area (Å²) in [6.45, 7) is 7.91. The van der Waals surface area contributed by atoms with Crippen LogP contribution in [0.1, 0.15) is 91.4 Å². The smallest absolute Gasteiger partial charge is 0.00771 e. The molecule has 0 aliphatic heterocycles. The van der Waals surface area contributed by atoms with Crippen molar-refractivity contribution in [3.63, 3.8) is 0 Å². The Bertz CT molecular complexity index is 152. The van der Waals surface area contributed by atoms with Crippen LogP contribution in [0.2, 0.25) is 0 Å². The molecule has 104 valence electrons. The highest BCUT2D eigenvalue weighted by Crippen LogP contribution is 2.29. The van der Waals surface area contributed by atoms with E-state index in [9.17, 15) is 0 Å². The van der Waals surface area contributed by atoms with E-state index >= 15 is 0 Å². The van der Waals surface area contributed by atoms with Crippen LogP contribution in [0.4, 0.5) is 0 Å². The van der Waals surface area contributed by atoms with Crippen LogP contribution in [0.3, 0.4) is 0 Å². The van der Waals surface area contributed by atoms with Gasteiger partial charge in [-0.05, 0) is 31.2 Å². The third-order valence-electron chi connectivity index (χ3n) is 3.76. The fourth-order valence-corrected chi connectivity index (χ4v) is 2.44. The summed E-state index contributed by atoms with van der Waals surface area (Å²) in [4.78, 5) is 0. The van der Waals surface area contributed by atoms with E-state index in [4.69, 9.17) is 5.73 Å². The molecule has 0 aromatic carbocycles. The Morgan fingerprint density at radius 1 is 0.706 bits per heavy atom. The number of unbranched alkanes of at least 4 members (excludes halogenated alkanes) is 7. The predicted molar refractivity (Wildman–Crippen MR) is 79.3 cm³/mol. The van der Waals surface area contributed by atoms with Gasteiger partial charge < -0.3 is 5.73 Å². The van der Waals surface area contributed by atoms with Gasteiger partial charge in [0, 0.05) is 0 Å². The quantitative estimate of drug-likeness (QED) is 0.462. The molecule has 0 radical (unpaired) electrons. The van der Waals surface area contributed by atoms with Gasteiger partial charge in [-0.1, -0.05) is 72.1 Å². The van der Waals surface area contributed by atoms with Gasteiger partial charge in [-0.3, -0.25) is 0 Å². The first-order chi connectivity index (χ1) is 8.12. The van der Waals surface area contributed by atoms with E-state index in [0.717, 1.165) is 6.54 Å². The molecule has 0 saturated carbocycles. The standard InChI is InChI=1S/C16H35N/c1-4-5-6-7-8-9-10-11-13-16(2,3)14-12-15-17/h4-15,17H2,1-3H3. The lowest BCUT2D eigenvalue weighted by Gasteiger charge is -2.24. The van der Waals surface area contributed by atoms with E-state index < -0.39 is 0 Å². The van der Waals surface area contributed by atoms with E-state index in [1.807, 2.05) is 0 Å². The number of nitrogens with two attached hydrogens (primary N) is 1. The second-order valence-electron chi connectivity index (χ2n) is 6.28. The van der Waals surface area contributed by atoms with Crippen molar-refractivity contribution in [2.24, 2.45) is 11.1 Å². The average molecular weight is 241 g/mol. The van der Waals surface area contributed by atoms with Gasteiger partial charge in [0.15, 0.2) is 0 Å². The Hall–Kier alpha value is -0.0400. The van der Waals surface area contributed by atoms with Gasteiger partial charge in [0.1, 0.15) is 0 Å². The van der Waals surface area contributed by atoms with Crippen LogP contribution in [0.25, 0.3) is 0 Å². The maximum atomic E-state index is 5.57. The lowest BCUT2D eigenvalue weighted by molar-refractivity contribution is 0.288. The van der Waals surface area contributed by atoms with Crippen molar-refractivity contribution in [2.45, 2.75) is 91.4 Å². The summed E-state index contributed by atoms with van der Waals surface area (Å²) >= 11 is 0. The van der Waals surface area contributed by atoms with Crippen LogP contribution in [0.5, 0.6) is 0 Å². The highest BCUT2D eigenvalue weighted by atomic mass is 14.5. The fourth-order valence-electron chi connectivity index (χ4n) is 2.44.